The van der Waals surface area contributed by atoms with Gasteiger partial charge in [0.05, 0.1) is 24.2 Å². The van der Waals surface area contributed by atoms with Crippen molar-refractivity contribution in [1.29, 1.82) is 0 Å². The maximum absolute atomic E-state index is 13.3. The monoisotopic (exact) mass is 658 g/mol. The first-order valence-corrected chi connectivity index (χ1v) is 15.7. The number of hydrogen-bond acceptors (Lipinski definition) is 10. The van der Waals surface area contributed by atoms with E-state index < -0.39 is 34.0 Å². The first-order valence-electron chi connectivity index (χ1n) is 13.9. The molecule has 0 spiro atoms. The fourth-order valence-electron chi connectivity index (χ4n) is 5.12. The third-order valence-electron chi connectivity index (χ3n) is 7.42. The molecule has 4 heterocycles. The van der Waals surface area contributed by atoms with Gasteiger partial charge in [-0.1, -0.05) is 12.8 Å². The first kappa shape index (κ1) is 33.6. The van der Waals surface area contributed by atoms with E-state index in [0.29, 0.717) is 30.9 Å². The molecule has 246 valence electrons. The molecule has 45 heavy (non-hydrogen) atoms. The molecule has 20 heteroatoms. The summed E-state index contributed by atoms with van der Waals surface area (Å²) in [7, 11) is -3.37. The van der Waals surface area contributed by atoms with Crippen LogP contribution < -0.4 is 22.1 Å². The Labute approximate surface area is 255 Å². The summed E-state index contributed by atoms with van der Waals surface area (Å²) in [5, 5.41) is 21.7. The standard InChI is InChI=1S/C23H32N10O4S.C2HF3O2/c1-38(36,37)31-9-4-5-14(12-31)33-13-18(20(30-33)21(25)34)28-23(35)15-11-26-32-10-8-19(29-22(15)32)27-17-7-3-2-6-16(17)24;3-2(4,5)1(6)7/h8,10-11,13-14,16-17H,2-7,9,12,24H2,1H3,(H2,25,34)(H,27,29)(H,28,35);(H,6,7)/t14?,16-,17+;/m1./s1. The highest BCUT2D eigenvalue weighted by Gasteiger charge is 2.38. The van der Waals surface area contributed by atoms with Gasteiger partial charge in [0.2, 0.25) is 10.0 Å². The van der Waals surface area contributed by atoms with Crippen molar-refractivity contribution in [3.63, 3.8) is 0 Å². The molecule has 5 rings (SSSR count). The van der Waals surface area contributed by atoms with Crippen LogP contribution in [0.4, 0.5) is 24.7 Å². The molecule has 1 aliphatic carbocycles. The number of hydrogen-bond donors (Lipinski definition) is 5. The molecule has 2 amide bonds. The predicted molar refractivity (Wildman–Crippen MR) is 154 cm³/mol. The number of fused-ring (bicyclic) bond motifs is 1. The second kappa shape index (κ2) is 13.4. The zero-order valence-corrected chi connectivity index (χ0v) is 24.9. The minimum absolute atomic E-state index is 0.0342. The molecule has 3 aromatic heterocycles. The van der Waals surface area contributed by atoms with Crippen LogP contribution in [-0.2, 0) is 14.8 Å². The van der Waals surface area contributed by atoms with E-state index in [1.807, 2.05) is 0 Å². The number of carboxylic acids is 1. The Morgan fingerprint density at radius 3 is 2.44 bits per heavy atom. The highest BCUT2D eigenvalue weighted by Crippen LogP contribution is 2.26. The van der Waals surface area contributed by atoms with E-state index in [9.17, 15) is 31.2 Å². The Bertz CT molecular complexity index is 1680. The van der Waals surface area contributed by atoms with Gasteiger partial charge in [0, 0.05) is 37.6 Å². The van der Waals surface area contributed by atoms with E-state index >= 15 is 0 Å². The summed E-state index contributed by atoms with van der Waals surface area (Å²) in [4.78, 5) is 38.9. The number of nitrogens with two attached hydrogens (primary N) is 2. The normalized spacial score (nSPS) is 21.0. The van der Waals surface area contributed by atoms with Gasteiger partial charge in [0.1, 0.15) is 11.4 Å². The van der Waals surface area contributed by atoms with Crippen molar-refractivity contribution in [2.24, 2.45) is 11.5 Å². The maximum atomic E-state index is 13.3. The first-order chi connectivity index (χ1) is 21.0. The number of nitrogens with one attached hydrogen (secondary N) is 2. The molecular weight excluding hydrogens is 625 g/mol. The fourth-order valence-corrected chi connectivity index (χ4v) is 6.02. The molecule has 2 fully saturated rings. The number of alkyl halides is 3. The Morgan fingerprint density at radius 2 is 1.82 bits per heavy atom. The number of primary amides is 1. The lowest BCUT2D eigenvalue weighted by molar-refractivity contribution is -0.192. The lowest BCUT2D eigenvalue weighted by Crippen LogP contribution is -2.42. The zero-order chi connectivity index (χ0) is 33.1. The van der Waals surface area contributed by atoms with Crippen LogP contribution >= 0.6 is 0 Å². The van der Waals surface area contributed by atoms with Gasteiger partial charge in [0.25, 0.3) is 11.8 Å². The van der Waals surface area contributed by atoms with Gasteiger partial charge in [-0.2, -0.15) is 23.4 Å². The molecule has 0 radical (unpaired) electrons. The Balaban J connectivity index is 0.000000591. The number of anilines is 2. The number of rotatable bonds is 7. The van der Waals surface area contributed by atoms with E-state index in [4.69, 9.17) is 21.4 Å². The molecule has 16 nitrogen and oxygen atoms in total. The van der Waals surface area contributed by atoms with Crippen molar-refractivity contribution in [3.8, 4) is 0 Å². The van der Waals surface area contributed by atoms with Crippen LogP contribution in [0.25, 0.3) is 5.65 Å². The van der Waals surface area contributed by atoms with Crippen molar-refractivity contribution in [1.82, 2.24) is 28.7 Å². The smallest absolute Gasteiger partial charge is 0.475 e. The number of nitrogens with zero attached hydrogens (tertiary/aromatic N) is 6. The van der Waals surface area contributed by atoms with Gasteiger partial charge >= 0.3 is 12.1 Å². The summed E-state index contributed by atoms with van der Waals surface area (Å²) in [5.41, 5.74) is 12.3. The molecular formula is C25H33F3N10O6S. The molecule has 0 aromatic carbocycles. The largest absolute Gasteiger partial charge is 0.490 e. The summed E-state index contributed by atoms with van der Waals surface area (Å²) in [5.74, 6) is -3.52. The van der Waals surface area contributed by atoms with E-state index in [1.54, 1.807) is 12.3 Å². The van der Waals surface area contributed by atoms with Crippen LogP contribution in [0.3, 0.4) is 0 Å². The van der Waals surface area contributed by atoms with E-state index in [2.05, 4.69) is 25.8 Å². The highest BCUT2D eigenvalue weighted by atomic mass is 32.2. The number of aliphatic carboxylic acids is 1. The minimum atomic E-state index is -5.08. The summed E-state index contributed by atoms with van der Waals surface area (Å²) < 4.78 is 60.1. The lowest BCUT2D eigenvalue weighted by atomic mass is 9.91. The summed E-state index contributed by atoms with van der Waals surface area (Å²) in [6.07, 6.45) is 6.09. The van der Waals surface area contributed by atoms with Crippen molar-refractivity contribution in [3.05, 3.63) is 35.9 Å². The number of carboxylic acid groups (broad SMARTS) is 1. The minimum Gasteiger partial charge on any atom is -0.475 e. The quantitative estimate of drug-likeness (QED) is 0.242. The molecule has 1 unspecified atom stereocenters. The molecule has 1 saturated heterocycles. The molecule has 7 N–H and O–H groups in total. The number of carbonyl (C=O) groups is 3. The number of aromatic nitrogens is 5. The van der Waals surface area contributed by atoms with Crippen molar-refractivity contribution < 1.29 is 41.1 Å². The van der Waals surface area contributed by atoms with Gasteiger partial charge in [-0.25, -0.2) is 27.0 Å². The summed E-state index contributed by atoms with van der Waals surface area (Å²) in [6, 6.07) is 1.61. The topological polar surface area (TPSA) is 233 Å². The third-order valence-corrected chi connectivity index (χ3v) is 8.69. The molecule has 2 aliphatic rings. The molecule has 3 aromatic rings. The average Bonchev–Trinajstić information content (AvgIpc) is 3.58. The molecule has 0 bridgehead atoms. The molecule has 3 atom stereocenters. The summed E-state index contributed by atoms with van der Waals surface area (Å²) >= 11 is 0. The second-order valence-corrected chi connectivity index (χ2v) is 12.7. The SMILES string of the molecule is CS(=O)(=O)N1CCCC(n2cc(NC(=O)c3cnn4ccc(N[C@H]5CCCC[C@H]5N)nc34)c(C(N)=O)n2)C1.O=C(O)C(F)(F)F. The average molecular weight is 659 g/mol. The van der Waals surface area contributed by atoms with Crippen LogP contribution in [-0.4, -0.2) is 97.6 Å². The summed E-state index contributed by atoms with van der Waals surface area (Å²) in [6.45, 7) is 0.638. The number of sulfonamides is 1. The number of carbonyl (C=O) groups excluding carboxylic acids is 2. The van der Waals surface area contributed by atoms with Crippen LogP contribution in [0.5, 0.6) is 0 Å². The second-order valence-electron chi connectivity index (χ2n) is 10.7. The van der Waals surface area contributed by atoms with Crippen molar-refractivity contribution >= 4 is 45.0 Å². The van der Waals surface area contributed by atoms with Crippen molar-refractivity contribution in [2.75, 3.05) is 30.0 Å². The van der Waals surface area contributed by atoms with Gasteiger partial charge < -0.3 is 27.2 Å². The van der Waals surface area contributed by atoms with Crippen LogP contribution in [0, 0.1) is 0 Å². The predicted octanol–water partition coefficient (Wildman–Crippen LogP) is 1.19. The maximum Gasteiger partial charge on any atom is 0.490 e. The Kier molecular flexibility index (Phi) is 9.98. The fraction of sp³-hybridized carbons (Fsp3) is 0.520. The number of amides is 2. The zero-order valence-electron chi connectivity index (χ0n) is 24.1. The van der Waals surface area contributed by atoms with Gasteiger partial charge in [0.15, 0.2) is 11.3 Å². The van der Waals surface area contributed by atoms with E-state index in [0.717, 1.165) is 31.9 Å². The number of halogens is 3. The Hall–Kier alpha value is -4.30. The van der Waals surface area contributed by atoms with Gasteiger partial charge in [-0.05, 0) is 31.7 Å². The van der Waals surface area contributed by atoms with Crippen molar-refractivity contribution in [2.45, 2.75) is 62.8 Å². The number of piperidine rings is 1. The van der Waals surface area contributed by atoms with Crippen LogP contribution in [0.15, 0.2) is 24.7 Å². The van der Waals surface area contributed by atoms with Crippen LogP contribution in [0.1, 0.15) is 65.4 Å². The molecule has 1 aliphatic heterocycles. The van der Waals surface area contributed by atoms with E-state index in [1.165, 1.54) is 25.9 Å². The van der Waals surface area contributed by atoms with Gasteiger partial charge in [-0.3, -0.25) is 14.3 Å². The third kappa shape index (κ3) is 8.25. The van der Waals surface area contributed by atoms with Crippen LogP contribution in [0.2, 0.25) is 0 Å². The Morgan fingerprint density at radius 1 is 1.13 bits per heavy atom. The highest BCUT2D eigenvalue weighted by molar-refractivity contribution is 7.88. The molecule has 1 saturated carbocycles. The lowest BCUT2D eigenvalue weighted by Gasteiger charge is -2.30. The van der Waals surface area contributed by atoms with Gasteiger partial charge in [-0.15, -0.1) is 0 Å². The van der Waals surface area contributed by atoms with E-state index in [-0.39, 0.29) is 41.6 Å².